The first-order chi connectivity index (χ1) is 11.9. The van der Waals surface area contributed by atoms with Crippen LogP contribution in [-0.4, -0.2) is 33.8 Å². The van der Waals surface area contributed by atoms with Gasteiger partial charge in [0.2, 0.25) is 5.91 Å². The molecule has 0 spiro atoms. The Hall–Kier alpha value is -3.15. The summed E-state index contributed by atoms with van der Waals surface area (Å²) in [5, 5.41) is 12.0. The van der Waals surface area contributed by atoms with Gasteiger partial charge in [-0.1, -0.05) is 30.3 Å². The number of carbonyl (C=O) groups is 3. The molecule has 6 nitrogen and oxygen atoms in total. The summed E-state index contributed by atoms with van der Waals surface area (Å²) in [5.74, 6) is -1.66. The summed E-state index contributed by atoms with van der Waals surface area (Å²) in [4.78, 5) is 36.6. The van der Waals surface area contributed by atoms with Crippen LogP contribution < -0.4 is 5.32 Å². The molecule has 0 saturated heterocycles. The first kappa shape index (κ1) is 18.2. The van der Waals surface area contributed by atoms with E-state index in [0.29, 0.717) is 11.3 Å². The summed E-state index contributed by atoms with van der Waals surface area (Å²) in [6, 6.07) is 14.6. The number of benzene rings is 2. The molecule has 25 heavy (non-hydrogen) atoms. The maximum atomic E-state index is 12.8. The van der Waals surface area contributed by atoms with Gasteiger partial charge in [-0.2, -0.15) is 0 Å². The highest BCUT2D eigenvalue weighted by Gasteiger charge is 2.26. The van der Waals surface area contributed by atoms with Crippen LogP contribution in [0.1, 0.15) is 29.8 Å². The zero-order valence-electron chi connectivity index (χ0n) is 14.1. The van der Waals surface area contributed by atoms with E-state index in [1.165, 1.54) is 18.7 Å². The van der Waals surface area contributed by atoms with E-state index < -0.39 is 12.0 Å². The standard InChI is InChI=1S/C19H20N2O4/c1-13(19(24)25)21(12-15-6-4-3-5-7-15)18(23)16-8-10-17(11-9-16)20-14(2)22/h3-11,13H,12H2,1-2H3,(H,20,22)(H,24,25). The second kappa shape index (κ2) is 8.10. The molecule has 0 fully saturated rings. The smallest absolute Gasteiger partial charge is 0.326 e. The second-order valence-corrected chi connectivity index (χ2v) is 5.69. The Kier molecular flexibility index (Phi) is 5.89. The van der Waals surface area contributed by atoms with Crippen LogP contribution in [0.3, 0.4) is 0 Å². The molecular weight excluding hydrogens is 320 g/mol. The van der Waals surface area contributed by atoms with Crippen LogP contribution in [0, 0.1) is 0 Å². The van der Waals surface area contributed by atoms with Gasteiger partial charge in [0.15, 0.2) is 0 Å². The number of carboxylic acids is 1. The number of amides is 2. The van der Waals surface area contributed by atoms with Gasteiger partial charge in [-0.05, 0) is 36.8 Å². The van der Waals surface area contributed by atoms with Gasteiger partial charge in [-0.3, -0.25) is 9.59 Å². The van der Waals surface area contributed by atoms with Crippen molar-refractivity contribution in [2.75, 3.05) is 5.32 Å². The topological polar surface area (TPSA) is 86.7 Å². The molecule has 0 heterocycles. The molecule has 1 atom stereocenters. The van der Waals surface area contributed by atoms with Crippen LogP contribution in [-0.2, 0) is 16.1 Å². The highest BCUT2D eigenvalue weighted by atomic mass is 16.4. The van der Waals surface area contributed by atoms with Gasteiger partial charge in [-0.25, -0.2) is 4.79 Å². The molecule has 0 aliphatic heterocycles. The maximum Gasteiger partial charge on any atom is 0.326 e. The van der Waals surface area contributed by atoms with Gasteiger partial charge in [0, 0.05) is 24.7 Å². The fourth-order valence-electron chi connectivity index (χ4n) is 2.36. The quantitative estimate of drug-likeness (QED) is 0.846. The number of carbonyl (C=O) groups excluding carboxylic acids is 2. The minimum Gasteiger partial charge on any atom is -0.480 e. The van der Waals surface area contributed by atoms with Crippen molar-refractivity contribution in [2.24, 2.45) is 0 Å². The largest absolute Gasteiger partial charge is 0.480 e. The van der Waals surface area contributed by atoms with Crippen molar-refractivity contribution in [3.8, 4) is 0 Å². The Labute approximate surface area is 146 Å². The van der Waals surface area contributed by atoms with Crippen LogP contribution in [0.15, 0.2) is 54.6 Å². The molecule has 0 saturated carbocycles. The van der Waals surface area contributed by atoms with Crippen LogP contribution in [0.25, 0.3) is 0 Å². The van der Waals surface area contributed by atoms with Crippen LogP contribution >= 0.6 is 0 Å². The van der Waals surface area contributed by atoms with Crippen molar-refractivity contribution in [3.63, 3.8) is 0 Å². The van der Waals surface area contributed by atoms with E-state index in [9.17, 15) is 19.5 Å². The average Bonchev–Trinajstić information content (AvgIpc) is 2.59. The summed E-state index contributed by atoms with van der Waals surface area (Å²) >= 11 is 0. The van der Waals surface area contributed by atoms with Gasteiger partial charge >= 0.3 is 5.97 Å². The van der Waals surface area contributed by atoms with Crippen LogP contribution in [0.4, 0.5) is 5.69 Å². The Balaban J connectivity index is 2.25. The lowest BCUT2D eigenvalue weighted by atomic mass is 10.1. The molecule has 2 rings (SSSR count). The molecule has 0 radical (unpaired) electrons. The fourth-order valence-corrected chi connectivity index (χ4v) is 2.36. The molecule has 2 N–H and O–H groups in total. The number of aliphatic carboxylic acids is 1. The molecule has 6 heteroatoms. The Bertz CT molecular complexity index is 757. The lowest BCUT2D eigenvalue weighted by Gasteiger charge is -2.27. The molecule has 2 amide bonds. The molecule has 0 bridgehead atoms. The van der Waals surface area contributed by atoms with Crippen molar-refractivity contribution >= 4 is 23.5 Å². The number of hydrogen-bond donors (Lipinski definition) is 2. The second-order valence-electron chi connectivity index (χ2n) is 5.69. The molecule has 2 aromatic rings. The van der Waals surface area contributed by atoms with E-state index in [-0.39, 0.29) is 18.4 Å². The van der Waals surface area contributed by atoms with Crippen molar-refractivity contribution in [3.05, 3.63) is 65.7 Å². The molecule has 1 unspecified atom stereocenters. The van der Waals surface area contributed by atoms with E-state index in [0.717, 1.165) is 5.56 Å². The molecule has 130 valence electrons. The Morgan fingerprint density at radius 3 is 2.16 bits per heavy atom. The number of hydrogen-bond acceptors (Lipinski definition) is 3. The van der Waals surface area contributed by atoms with E-state index in [2.05, 4.69) is 5.32 Å². The van der Waals surface area contributed by atoms with E-state index >= 15 is 0 Å². The highest BCUT2D eigenvalue weighted by molar-refractivity contribution is 5.97. The minimum atomic E-state index is -1.07. The Morgan fingerprint density at radius 2 is 1.64 bits per heavy atom. The fraction of sp³-hybridized carbons (Fsp3) is 0.211. The summed E-state index contributed by atoms with van der Waals surface area (Å²) < 4.78 is 0. The minimum absolute atomic E-state index is 0.195. The van der Waals surface area contributed by atoms with Gasteiger partial charge in [0.1, 0.15) is 6.04 Å². The molecular formula is C19H20N2O4. The summed E-state index contributed by atoms with van der Waals surface area (Å²) in [6.07, 6.45) is 0. The maximum absolute atomic E-state index is 12.8. The van der Waals surface area contributed by atoms with Crippen molar-refractivity contribution in [1.82, 2.24) is 4.90 Å². The number of nitrogens with zero attached hydrogens (tertiary/aromatic N) is 1. The normalized spacial score (nSPS) is 11.4. The lowest BCUT2D eigenvalue weighted by Crippen LogP contribution is -2.42. The summed E-state index contributed by atoms with van der Waals surface area (Å²) in [7, 11) is 0. The molecule has 2 aromatic carbocycles. The SMILES string of the molecule is CC(=O)Nc1ccc(C(=O)N(Cc2ccccc2)C(C)C(=O)O)cc1. The highest BCUT2D eigenvalue weighted by Crippen LogP contribution is 2.16. The molecule has 0 aliphatic carbocycles. The van der Waals surface area contributed by atoms with Crippen molar-refractivity contribution in [2.45, 2.75) is 26.4 Å². The van der Waals surface area contributed by atoms with Gasteiger partial charge < -0.3 is 15.3 Å². The summed E-state index contributed by atoms with van der Waals surface area (Å²) in [5.41, 5.74) is 1.78. The zero-order chi connectivity index (χ0) is 18.4. The van der Waals surface area contributed by atoms with Crippen molar-refractivity contribution in [1.29, 1.82) is 0 Å². The van der Waals surface area contributed by atoms with E-state index in [1.807, 2.05) is 30.3 Å². The van der Waals surface area contributed by atoms with E-state index in [4.69, 9.17) is 0 Å². The number of carboxylic acid groups (broad SMARTS) is 1. The number of anilines is 1. The first-order valence-electron chi connectivity index (χ1n) is 7.84. The number of rotatable bonds is 6. The Morgan fingerprint density at radius 1 is 1.04 bits per heavy atom. The van der Waals surface area contributed by atoms with Crippen LogP contribution in [0.5, 0.6) is 0 Å². The monoisotopic (exact) mass is 340 g/mol. The number of nitrogens with one attached hydrogen (secondary N) is 1. The molecule has 0 aromatic heterocycles. The molecule has 0 aliphatic rings. The van der Waals surface area contributed by atoms with Crippen LogP contribution in [0.2, 0.25) is 0 Å². The average molecular weight is 340 g/mol. The van der Waals surface area contributed by atoms with Gasteiger partial charge in [-0.15, -0.1) is 0 Å². The van der Waals surface area contributed by atoms with Gasteiger partial charge in [0.25, 0.3) is 5.91 Å². The third kappa shape index (κ3) is 4.91. The lowest BCUT2D eigenvalue weighted by molar-refractivity contribution is -0.141. The predicted octanol–water partition coefficient (Wildman–Crippen LogP) is 2.76. The predicted molar refractivity (Wildman–Crippen MR) is 94.2 cm³/mol. The zero-order valence-corrected chi connectivity index (χ0v) is 14.1. The van der Waals surface area contributed by atoms with Gasteiger partial charge in [0.05, 0.1) is 0 Å². The third-order valence-corrected chi connectivity index (χ3v) is 3.73. The summed E-state index contributed by atoms with van der Waals surface area (Å²) in [6.45, 7) is 3.07. The first-order valence-corrected chi connectivity index (χ1v) is 7.84. The van der Waals surface area contributed by atoms with Crippen molar-refractivity contribution < 1.29 is 19.5 Å². The van der Waals surface area contributed by atoms with E-state index in [1.54, 1.807) is 24.3 Å². The third-order valence-electron chi connectivity index (χ3n) is 3.73.